The first-order chi connectivity index (χ1) is 9.50. The lowest BCUT2D eigenvalue weighted by molar-refractivity contribution is -0.131. The second-order valence-corrected chi connectivity index (χ2v) is 5.51. The number of carbonyl (C=O) groups is 1. The summed E-state index contributed by atoms with van der Waals surface area (Å²) in [6.45, 7) is 5.43. The summed E-state index contributed by atoms with van der Waals surface area (Å²) in [6, 6.07) is 5.93. The molecule has 20 heavy (non-hydrogen) atoms. The molecule has 110 valence electrons. The van der Waals surface area contributed by atoms with Crippen molar-refractivity contribution in [2.24, 2.45) is 5.92 Å². The molecule has 0 aliphatic carbocycles. The van der Waals surface area contributed by atoms with Crippen LogP contribution in [-0.2, 0) is 4.79 Å². The molecule has 2 N–H and O–H groups in total. The number of nitrogens with zero attached hydrogens (tertiary/aromatic N) is 1. The number of rotatable bonds is 4. The SMILES string of the molecule is CC(C)C1C(=O)NCCN1CC(O)c1ccccc1F. The van der Waals surface area contributed by atoms with E-state index in [9.17, 15) is 14.3 Å². The van der Waals surface area contributed by atoms with Gasteiger partial charge in [-0.05, 0) is 12.0 Å². The maximum absolute atomic E-state index is 13.7. The number of amides is 1. The molecule has 1 aromatic carbocycles. The predicted molar refractivity (Wildman–Crippen MR) is 74.6 cm³/mol. The molecule has 4 nitrogen and oxygen atoms in total. The number of benzene rings is 1. The van der Waals surface area contributed by atoms with Crippen molar-refractivity contribution >= 4 is 5.91 Å². The van der Waals surface area contributed by atoms with Gasteiger partial charge in [-0.3, -0.25) is 9.69 Å². The normalized spacial score (nSPS) is 21.9. The van der Waals surface area contributed by atoms with E-state index in [-0.39, 0.29) is 30.0 Å². The van der Waals surface area contributed by atoms with Crippen molar-refractivity contribution in [1.29, 1.82) is 0 Å². The molecule has 1 aliphatic rings. The number of aliphatic hydroxyl groups is 1. The van der Waals surface area contributed by atoms with Crippen LogP contribution < -0.4 is 5.32 Å². The number of β-amino-alcohol motifs (C(OH)–C–C–N with tert-alkyl or cyclic N) is 1. The number of hydrogen-bond donors (Lipinski definition) is 2. The summed E-state index contributed by atoms with van der Waals surface area (Å²) in [5.41, 5.74) is 0.279. The summed E-state index contributed by atoms with van der Waals surface area (Å²) >= 11 is 0. The van der Waals surface area contributed by atoms with E-state index in [1.54, 1.807) is 18.2 Å². The third kappa shape index (κ3) is 3.16. The number of halogens is 1. The number of nitrogens with one attached hydrogen (secondary N) is 1. The molecule has 0 saturated carbocycles. The zero-order chi connectivity index (χ0) is 14.7. The lowest BCUT2D eigenvalue weighted by Gasteiger charge is -2.38. The van der Waals surface area contributed by atoms with Crippen LogP contribution in [0.25, 0.3) is 0 Å². The Labute approximate surface area is 118 Å². The molecule has 0 bridgehead atoms. The largest absolute Gasteiger partial charge is 0.387 e. The van der Waals surface area contributed by atoms with Crippen molar-refractivity contribution in [2.75, 3.05) is 19.6 Å². The minimum atomic E-state index is -0.927. The van der Waals surface area contributed by atoms with Crippen LogP contribution in [-0.4, -0.2) is 41.6 Å². The number of piperazine rings is 1. The van der Waals surface area contributed by atoms with E-state index in [1.165, 1.54) is 6.07 Å². The molecule has 1 fully saturated rings. The molecular formula is C15H21FN2O2. The highest BCUT2D eigenvalue weighted by Gasteiger charge is 2.33. The second kappa shape index (κ2) is 6.33. The third-order valence-electron chi connectivity index (χ3n) is 3.66. The van der Waals surface area contributed by atoms with E-state index < -0.39 is 11.9 Å². The fourth-order valence-electron chi connectivity index (χ4n) is 2.73. The van der Waals surface area contributed by atoms with Crippen LogP contribution in [0.5, 0.6) is 0 Å². The number of hydrogen-bond acceptors (Lipinski definition) is 3. The molecule has 2 unspecified atom stereocenters. The first-order valence-corrected chi connectivity index (χ1v) is 6.95. The Kier molecular flexibility index (Phi) is 4.73. The molecule has 1 heterocycles. The van der Waals surface area contributed by atoms with Crippen LogP contribution >= 0.6 is 0 Å². The highest BCUT2D eigenvalue weighted by atomic mass is 19.1. The summed E-state index contributed by atoms with van der Waals surface area (Å²) in [6.07, 6.45) is -0.927. The Bertz CT molecular complexity index is 479. The minimum absolute atomic E-state index is 0.0213. The molecular weight excluding hydrogens is 259 g/mol. The van der Waals surface area contributed by atoms with Gasteiger partial charge in [0, 0.05) is 25.2 Å². The summed E-state index contributed by atoms with van der Waals surface area (Å²) in [4.78, 5) is 13.9. The molecule has 2 rings (SSSR count). The summed E-state index contributed by atoms with van der Waals surface area (Å²) < 4.78 is 13.7. The Balaban J connectivity index is 2.11. The van der Waals surface area contributed by atoms with E-state index in [2.05, 4.69) is 5.32 Å². The predicted octanol–water partition coefficient (Wildman–Crippen LogP) is 1.32. The highest BCUT2D eigenvalue weighted by Crippen LogP contribution is 2.21. The zero-order valence-electron chi connectivity index (χ0n) is 11.8. The van der Waals surface area contributed by atoms with Crippen molar-refractivity contribution in [3.63, 3.8) is 0 Å². The Hall–Kier alpha value is -1.46. The summed E-state index contributed by atoms with van der Waals surface area (Å²) in [7, 11) is 0. The topological polar surface area (TPSA) is 52.6 Å². The fourth-order valence-corrected chi connectivity index (χ4v) is 2.73. The first-order valence-electron chi connectivity index (χ1n) is 6.95. The molecule has 1 aliphatic heterocycles. The maximum Gasteiger partial charge on any atom is 0.237 e. The Morgan fingerprint density at radius 1 is 1.45 bits per heavy atom. The van der Waals surface area contributed by atoms with Gasteiger partial charge in [0.25, 0.3) is 0 Å². The Morgan fingerprint density at radius 2 is 2.15 bits per heavy atom. The van der Waals surface area contributed by atoms with Crippen LogP contribution in [0.2, 0.25) is 0 Å². The third-order valence-corrected chi connectivity index (χ3v) is 3.66. The van der Waals surface area contributed by atoms with Crippen molar-refractivity contribution in [3.05, 3.63) is 35.6 Å². The van der Waals surface area contributed by atoms with Gasteiger partial charge in [-0.1, -0.05) is 32.0 Å². The molecule has 1 amide bonds. The smallest absolute Gasteiger partial charge is 0.237 e. The number of carbonyl (C=O) groups excluding carboxylic acids is 1. The van der Waals surface area contributed by atoms with Gasteiger partial charge < -0.3 is 10.4 Å². The van der Waals surface area contributed by atoms with Crippen LogP contribution in [0.4, 0.5) is 4.39 Å². The minimum Gasteiger partial charge on any atom is -0.387 e. The van der Waals surface area contributed by atoms with E-state index in [4.69, 9.17) is 0 Å². The van der Waals surface area contributed by atoms with Gasteiger partial charge in [0.1, 0.15) is 5.82 Å². The van der Waals surface area contributed by atoms with Gasteiger partial charge in [0.15, 0.2) is 0 Å². The molecule has 5 heteroatoms. The van der Waals surface area contributed by atoms with Gasteiger partial charge in [0.2, 0.25) is 5.91 Å². The lowest BCUT2D eigenvalue weighted by atomic mass is 9.98. The summed E-state index contributed by atoms with van der Waals surface area (Å²) in [5, 5.41) is 13.1. The first kappa shape index (κ1) is 14.9. The van der Waals surface area contributed by atoms with E-state index in [1.807, 2.05) is 18.7 Å². The molecule has 0 aromatic heterocycles. The van der Waals surface area contributed by atoms with Crippen molar-refractivity contribution < 1.29 is 14.3 Å². The van der Waals surface area contributed by atoms with Crippen LogP contribution in [0.15, 0.2) is 24.3 Å². The van der Waals surface area contributed by atoms with Gasteiger partial charge >= 0.3 is 0 Å². The lowest BCUT2D eigenvalue weighted by Crippen LogP contribution is -2.58. The monoisotopic (exact) mass is 280 g/mol. The van der Waals surface area contributed by atoms with Gasteiger partial charge in [-0.2, -0.15) is 0 Å². The van der Waals surface area contributed by atoms with Gasteiger partial charge in [-0.15, -0.1) is 0 Å². The van der Waals surface area contributed by atoms with E-state index in [0.29, 0.717) is 13.1 Å². The van der Waals surface area contributed by atoms with Crippen LogP contribution in [0, 0.1) is 11.7 Å². The highest BCUT2D eigenvalue weighted by molar-refractivity contribution is 5.82. The molecule has 1 saturated heterocycles. The maximum atomic E-state index is 13.7. The quantitative estimate of drug-likeness (QED) is 0.874. The summed E-state index contributed by atoms with van der Waals surface area (Å²) in [5.74, 6) is -0.294. The second-order valence-electron chi connectivity index (χ2n) is 5.51. The average Bonchev–Trinajstić information content (AvgIpc) is 2.38. The standard InChI is InChI=1S/C15H21FN2O2/c1-10(2)14-15(20)17-7-8-18(14)9-13(19)11-5-3-4-6-12(11)16/h3-6,10,13-14,19H,7-9H2,1-2H3,(H,17,20). The van der Waals surface area contributed by atoms with Gasteiger partial charge in [0.05, 0.1) is 12.1 Å². The fraction of sp³-hybridized carbons (Fsp3) is 0.533. The Morgan fingerprint density at radius 3 is 2.80 bits per heavy atom. The molecule has 0 radical (unpaired) electrons. The van der Waals surface area contributed by atoms with Crippen LogP contribution in [0.1, 0.15) is 25.5 Å². The van der Waals surface area contributed by atoms with E-state index >= 15 is 0 Å². The van der Waals surface area contributed by atoms with Crippen molar-refractivity contribution in [2.45, 2.75) is 26.0 Å². The average molecular weight is 280 g/mol. The molecule has 0 spiro atoms. The van der Waals surface area contributed by atoms with Crippen LogP contribution in [0.3, 0.4) is 0 Å². The molecule has 2 atom stereocenters. The zero-order valence-corrected chi connectivity index (χ0v) is 11.8. The van der Waals surface area contributed by atoms with Crippen molar-refractivity contribution in [1.82, 2.24) is 10.2 Å². The van der Waals surface area contributed by atoms with E-state index in [0.717, 1.165) is 0 Å². The molecule has 1 aromatic rings. The van der Waals surface area contributed by atoms with Crippen molar-refractivity contribution in [3.8, 4) is 0 Å². The number of aliphatic hydroxyl groups excluding tert-OH is 1. The van der Waals surface area contributed by atoms with Gasteiger partial charge in [-0.25, -0.2) is 4.39 Å².